The Hall–Kier alpha value is -0.0800. The van der Waals surface area contributed by atoms with Crippen molar-refractivity contribution in [3.05, 3.63) is 0 Å². The molecular weight excluding hydrogens is 148 g/mol. The predicted octanol–water partition coefficient (Wildman–Crippen LogP) is 1.33. The van der Waals surface area contributed by atoms with Gasteiger partial charge >= 0.3 is 0 Å². The Morgan fingerprint density at radius 3 is 2.83 bits per heavy atom. The molecule has 2 unspecified atom stereocenters. The first-order valence-corrected chi connectivity index (χ1v) is 5.13. The molecule has 0 amide bonds. The average Bonchev–Trinajstić information content (AvgIpc) is 2.26. The summed E-state index contributed by atoms with van der Waals surface area (Å²) in [5, 5.41) is 3.43. The molecule has 0 aromatic rings. The minimum atomic E-state index is 0.711. The molecule has 0 radical (unpaired) electrons. The zero-order chi connectivity index (χ0) is 8.97. The van der Waals surface area contributed by atoms with Gasteiger partial charge in [-0.2, -0.15) is 0 Å². The molecule has 1 aliphatic heterocycles. The highest BCUT2D eigenvalue weighted by Crippen LogP contribution is 2.19. The molecule has 72 valence electrons. The van der Waals surface area contributed by atoms with Gasteiger partial charge in [0, 0.05) is 12.6 Å². The van der Waals surface area contributed by atoms with Crippen molar-refractivity contribution in [3.8, 4) is 0 Å². The fourth-order valence-electron chi connectivity index (χ4n) is 2.22. The standard InChI is InChI=1S/C10H22N2/c1-4-9-6-5-7-12(3)8-10(9)11-2/h9-11H,4-8H2,1-3H3. The van der Waals surface area contributed by atoms with Crippen molar-refractivity contribution in [2.75, 3.05) is 27.2 Å². The van der Waals surface area contributed by atoms with Crippen molar-refractivity contribution in [2.45, 2.75) is 32.2 Å². The van der Waals surface area contributed by atoms with Crippen molar-refractivity contribution in [2.24, 2.45) is 5.92 Å². The number of likely N-dealkylation sites (N-methyl/N-ethyl adjacent to an activating group) is 2. The quantitative estimate of drug-likeness (QED) is 0.672. The van der Waals surface area contributed by atoms with E-state index in [0.717, 1.165) is 5.92 Å². The van der Waals surface area contributed by atoms with E-state index in [0.29, 0.717) is 6.04 Å². The van der Waals surface area contributed by atoms with Gasteiger partial charge in [-0.15, -0.1) is 0 Å². The number of likely N-dealkylation sites (tertiary alicyclic amines) is 1. The number of nitrogens with zero attached hydrogens (tertiary/aromatic N) is 1. The molecule has 0 bridgehead atoms. The summed E-state index contributed by atoms with van der Waals surface area (Å²) in [6.45, 7) is 4.80. The molecule has 1 aliphatic rings. The van der Waals surface area contributed by atoms with Crippen molar-refractivity contribution in [1.29, 1.82) is 0 Å². The van der Waals surface area contributed by atoms with Crippen LogP contribution in [0.3, 0.4) is 0 Å². The van der Waals surface area contributed by atoms with Crippen LogP contribution in [0.4, 0.5) is 0 Å². The van der Waals surface area contributed by atoms with Gasteiger partial charge in [-0.25, -0.2) is 0 Å². The molecule has 1 N–H and O–H groups in total. The van der Waals surface area contributed by atoms with Crippen LogP contribution in [-0.2, 0) is 0 Å². The monoisotopic (exact) mass is 170 g/mol. The van der Waals surface area contributed by atoms with Gasteiger partial charge in [0.15, 0.2) is 0 Å². The summed E-state index contributed by atoms with van der Waals surface area (Å²) in [5.41, 5.74) is 0. The van der Waals surface area contributed by atoms with E-state index in [1.165, 1.54) is 32.4 Å². The van der Waals surface area contributed by atoms with E-state index in [-0.39, 0.29) is 0 Å². The van der Waals surface area contributed by atoms with Crippen LogP contribution in [0.15, 0.2) is 0 Å². The molecule has 2 atom stereocenters. The molecule has 0 spiro atoms. The van der Waals surface area contributed by atoms with Crippen LogP contribution in [-0.4, -0.2) is 38.1 Å². The predicted molar refractivity (Wildman–Crippen MR) is 53.4 cm³/mol. The summed E-state index contributed by atoms with van der Waals surface area (Å²) < 4.78 is 0. The third-order valence-electron chi connectivity index (χ3n) is 3.09. The Morgan fingerprint density at radius 1 is 1.50 bits per heavy atom. The second-order valence-electron chi connectivity index (χ2n) is 3.97. The molecule has 2 nitrogen and oxygen atoms in total. The van der Waals surface area contributed by atoms with Gasteiger partial charge in [0.25, 0.3) is 0 Å². The van der Waals surface area contributed by atoms with E-state index in [1.54, 1.807) is 0 Å². The first kappa shape index (κ1) is 10.0. The van der Waals surface area contributed by atoms with Gasteiger partial charge in [-0.3, -0.25) is 0 Å². The number of hydrogen-bond acceptors (Lipinski definition) is 2. The minimum absolute atomic E-state index is 0.711. The zero-order valence-corrected chi connectivity index (χ0v) is 8.64. The second-order valence-corrected chi connectivity index (χ2v) is 3.97. The van der Waals surface area contributed by atoms with E-state index in [2.05, 4.69) is 31.2 Å². The zero-order valence-electron chi connectivity index (χ0n) is 8.64. The lowest BCUT2D eigenvalue weighted by molar-refractivity contribution is 0.284. The maximum atomic E-state index is 3.43. The molecule has 0 saturated carbocycles. The Morgan fingerprint density at radius 2 is 2.25 bits per heavy atom. The lowest BCUT2D eigenvalue weighted by Gasteiger charge is -2.25. The normalized spacial score (nSPS) is 33.2. The van der Waals surface area contributed by atoms with Gasteiger partial charge in [0.05, 0.1) is 0 Å². The fraction of sp³-hybridized carbons (Fsp3) is 1.00. The molecule has 1 heterocycles. The Kier molecular flexibility index (Phi) is 4.02. The lowest BCUT2D eigenvalue weighted by atomic mass is 9.93. The molecule has 1 rings (SSSR count). The summed E-state index contributed by atoms with van der Waals surface area (Å²) in [7, 11) is 4.31. The first-order valence-electron chi connectivity index (χ1n) is 5.13. The van der Waals surface area contributed by atoms with Crippen molar-refractivity contribution in [1.82, 2.24) is 10.2 Å². The van der Waals surface area contributed by atoms with Crippen LogP contribution in [0.25, 0.3) is 0 Å². The number of rotatable bonds is 2. The molecule has 2 heteroatoms. The topological polar surface area (TPSA) is 15.3 Å². The summed E-state index contributed by atoms with van der Waals surface area (Å²) in [6, 6.07) is 0.711. The number of nitrogens with one attached hydrogen (secondary N) is 1. The minimum Gasteiger partial charge on any atom is -0.315 e. The molecule has 0 aromatic carbocycles. The van der Waals surface area contributed by atoms with E-state index in [9.17, 15) is 0 Å². The smallest absolute Gasteiger partial charge is 0.0220 e. The largest absolute Gasteiger partial charge is 0.315 e. The van der Waals surface area contributed by atoms with E-state index in [4.69, 9.17) is 0 Å². The summed E-state index contributed by atoms with van der Waals surface area (Å²) in [4.78, 5) is 2.44. The highest BCUT2D eigenvalue weighted by Gasteiger charge is 2.22. The van der Waals surface area contributed by atoms with Gasteiger partial charge in [0.2, 0.25) is 0 Å². The maximum absolute atomic E-state index is 3.43. The van der Waals surface area contributed by atoms with Crippen LogP contribution >= 0.6 is 0 Å². The van der Waals surface area contributed by atoms with Crippen molar-refractivity contribution >= 4 is 0 Å². The molecule has 12 heavy (non-hydrogen) atoms. The third kappa shape index (κ3) is 2.46. The number of hydrogen-bond donors (Lipinski definition) is 1. The van der Waals surface area contributed by atoms with Crippen LogP contribution in [0.5, 0.6) is 0 Å². The highest BCUT2D eigenvalue weighted by molar-refractivity contribution is 4.80. The Labute approximate surface area is 76.3 Å². The maximum Gasteiger partial charge on any atom is 0.0220 e. The van der Waals surface area contributed by atoms with Crippen molar-refractivity contribution in [3.63, 3.8) is 0 Å². The average molecular weight is 170 g/mol. The molecule has 1 saturated heterocycles. The van der Waals surface area contributed by atoms with E-state index >= 15 is 0 Å². The molecule has 1 fully saturated rings. The van der Waals surface area contributed by atoms with Crippen LogP contribution < -0.4 is 5.32 Å². The van der Waals surface area contributed by atoms with E-state index in [1.807, 2.05) is 0 Å². The Bertz CT molecular complexity index is 125. The summed E-state index contributed by atoms with van der Waals surface area (Å²) >= 11 is 0. The highest BCUT2D eigenvalue weighted by atomic mass is 15.1. The van der Waals surface area contributed by atoms with Crippen LogP contribution in [0.1, 0.15) is 26.2 Å². The summed E-state index contributed by atoms with van der Waals surface area (Å²) in [5.74, 6) is 0.889. The van der Waals surface area contributed by atoms with Gasteiger partial charge in [-0.1, -0.05) is 13.3 Å². The SMILES string of the molecule is CCC1CCCN(C)CC1NC. The third-order valence-corrected chi connectivity index (χ3v) is 3.09. The van der Waals surface area contributed by atoms with Crippen molar-refractivity contribution < 1.29 is 0 Å². The summed E-state index contributed by atoms with van der Waals surface area (Å²) in [6.07, 6.45) is 4.08. The van der Waals surface area contributed by atoms with Crippen LogP contribution in [0.2, 0.25) is 0 Å². The lowest BCUT2D eigenvalue weighted by Crippen LogP contribution is -2.40. The molecular formula is C10H22N2. The van der Waals surface area contributed by atoms with Crippen LogP contribution in [0, 0.1) is 5.92 Å². The second kappa shape index (κ2) is 4.83. The van der Waals surface area contributed by atoms with Gasteiger partial charge in [0.1, 0.15) is 0 Å². The van der Waals surface area contributed by atoms with Gasteiger partial charge < -0.3 is 10.2 Å². The first-order chi connectivity index (χ1) is 5.77. The molecule has 0 aliphatic carbocycles. The van der Waals surface area contributed by atoms with E-state index < -0.39 is 0 Å². The Balaban J connectivity index is 2.49. The van der Waals surface area contributed by atoms with Gasteiger partial charge in [-0.05, 0) is 39.4 Å². The molecule has 0 aromatic heterocycles. The fourth-order valence-corrected chi connectivity index (χ4v) is 2.22.